The first-order valence-electron chi connectivity index (χ1n) is 10.8. The van der Waals surface area contributed by atoms with E-state index in [0.29, 0.717) is 39.4 Å². The van der Waals surface area contributed by atoms with Crippen LogP contribution in [0.15, 0.2) is 30.3 Å². The highest BCUT2D eigenvalue weighted by Crippen LogP contribution is 2.30. The Morgan fingerprint density at radius 2 is 1.66 bits per heavy atom. The highest BCUT2D eigenvalue weighted by molar-refractivity contribution is 5.80. The molecule has 0 bridgehead atoms. The highest BCUT2D eigenvalue weighted by atomic mass is 16.5. The summed E-state index contributed by atoms with van der Waals surface area (Å²) in [5.41, 5.74) is 1.24. The van der Waals surface area contributed by atoms with Crippen molar-refractivity contribution < 1.29 is 14.3 Å². The Morgan fingerprint density at radius 1 is 1.03 bits per heavy atom. The lowest BCUT2D eigenvalue weighted by molar-refractivity contribution is -0.141. The smallest absolute Gasteiger partial charge is 0.317 e. The summed E-state index contributed by atoms with van der Waals surface area (Å²) in [5.74, 6) is 0.250. The first-order valence-corrected chi connectivity index (χ1v) is 10.8. The lowest BCUT2D eigenvalue weighted by Gasteiger charge is -2.36. The molecule has 6 heteroatoms. The molecule has 1 aromatic carbocycles. The molecule has 2 heterocycles. The molecule has 2 fully saturated rings. The second kappa shape index (κ2) is 9.61. The molecule has 2 aliphatic heterocycles. The van der Waals surface area contributed by atoms with Crippen LogP contribution in [-0.2, 0) is 9.53 Å². The second-order valence-corrected chi connectivity index (χ2v) is 9.38. The molecule has 0 aliphatic carbocycles. The summed E-state index contributed by atoms with van der Waals surface area (Å²) in [6.07, 6.45) is 2.34. The van der Waals surface area contributed by atoms with Crippen LogP contribution < -0.4 is 5.32 Å². The zero-order valence-corrected chi connectivity index (χ0v) is 18.0. The molecular weight excluding hydrogens is 366 g/mol. The number of ether oxygens (including phenoxy) is 1. The van der Waals surface area contributed by atoms with E-state index in [9.17, 15) is 9.59 Å². The number of carbonyl (C=O) groups is 2. The number of morpholine rings is 1. The minimum atomic E-state index is -0.0274. The zero-order chi connectivity index (χ0) is 20.9. The fourth-order valence-corrected chi connectivity index (χ4v) is 4.16. The summed E-state index contributed by atoms with van der Waals surface area (Å²) in [7, 11) is 0. The zero-order valence-electron chi connectivity index (χ0n) is 18.0. The third-order valence-corrected chi connectivity index (χ3v) is 5.77. The molecule has 0 radical (unpaired) electrons. The van der Waals surface area contributed by atoms with Gasteiger partial charge in [0.2, 0.25) is 5.91 Å². The Labute approximate surface area is 174 Å². The molecule has 3 rings (SSSR count). The van der Waals surface area contributed by atoms with Gasteiger partial charge in [-0.3, -0.25) is 4.79 Å². The van der Waals surface area contributed by atoms with Crippen molar-refractivity contribution in [2.24, 2.45) is 11.3 Å². The normalized spacial score (nSPS) is 19.7. The van der Waals surface area contributed by atoms with Crippen molar-refractivity contribution >= 4 is 11.9 Å². The maximum atomic E-state index is 12.9. The fourth-order valence-electron chi connectivity index (χ4n) is 4.16. The summed E-state index contributed by atoms with van der Waals surface area (Å²) in [6.45, 7) is 10.5. The number of rotatable bonds is 4. The molecule has 3 amide bonds. The lowest BCUT2D eigenvalue weighted by atomic mass is 9.85. The Bertz CT molecular complexity index is 672. The lowest BCUT2D eigenvalue weighted by Crippen LogP contribution is -2.50. The van der Waals surface area contributed by atoms with Crippen LogP contribution in [0.5, 0.6) is 0 Å². The minimum Gasteiger partial charge on any atom is -0.378 e. The molecule has 2 aliphatic rings. The number of hydrogen-bond acceptors (Lipinski definition) is 3. The predicted octanol–water partition coefficient (Wildman–Crippen LogP) is 3.44. The highest BCUT2D eigenvalue weighted by Gasteiger charge is 2.32. The molecule has 1 unspecified atom stereocenters. The summed E-state index contributed by atoms with van der Waals surface area (Å²) in [5, 5.41) is 3.24. The molecular formula is C23H35N3O3. The molecule has 29 heavy (non-hydrogen) atoms. The summed E-state index contributed by atoms with van der Waals surface area (Å²) in [4.78, 5) is 29.4. The second-order valence-electron chi connectivity index (χ2n) is 9.38. The number of amides is 3. The molecule has 0 saturated carbocycles. The Morgan fingerprint density at radius 3 is 2.24 bits per heavy atom. The third kappa shape index (κ3) is 6.20. The topological polar surface area (TPSA) is 61.9 Å². The number of carbonyl (C=O) groups excluding carboxylic acids is 2. The Balaban J connectivity index is 1.55. The van der Waals surface area contributed by atoms with Gasteiger partial charge in [-0.2, -0.15) is 0 Å². The van der Waals surface area contributed by atoms with Gasteiger partial charge >= 0.3 is 6.03 Å². The van der Waals surface area contributed by atoms with E-state index >= 15 is 0 Å². The van der Waals surface area contributed by atoms with Crippen LogP contribution in [-0.4, -0.2) is 61.1 Å². The number of hydrogen-bond donors (Lipinski definition) is 1. The largest absolute Gasteiger partial charge is 0.378 e. The summed E-state index contributed by atoms with van der Waals surface area (Å²) < 4.78 is 5.34. The van der Waals surface area contributed by atoms with Gasteiger partial charge in [0.25, 0.3) is 0 Å². The van der Waals surface area contributed by atoms with Crippen molar-refractivity contribution in [3.63, 3.8) is 0 Å². The first-order chi connectivity index (χ1) is 13.8. The van der Waals surface area contributed by atoms with Crippen molar-refractivity contribution in [2.45, 2.75) is 46.1 Å². The number of nitrogens with one attached hydrogen (secondary N) is 1. The molecule has 6 nitrogen and oxygen atoms in total. The molecule has 0 spiro atoms. The predicted molar refractivity (Wildman–Crippen MR) is 113 cm³/mol. The Hall–Kier alpha value is -2.08. The van der Waals surface area contributed by atoms with Gasteiger partial charge in [-0.05, 0) is 30.2 Å². The number of likely N-dealkylation sites (tertiary alicyclic amines) is 1. The van der Waals surface area contributed by atoms with Crippen molar-refractivity contribution in [2.75, 3.05) is 39.4 Å². The minimum absolute atomic E-state index is 0.0172. The average Bonchev–Trinajstić information content (AvgIpc) is 2.73. The maximum absolute atomic E-state index is 12.9. The molecule has 160 valence electrons. The SMILES string of the molecule is CC(C)(C)CC(NC(=O)N1CCC(C(=O)N2CCOCC2)CC1)c1ccccc1. The number of nitrogens with zero attached hydrogens (tertiary/aromatic N) is 2. The standard InChI is InChI=1S/C23H35N3O3/c1-23(2,3)17-20(18-7-5-4-6-8-18)24-22(28)26-11-9-19(10-12-26)21(27)25-13-15-29-16-14-25/h4-8,19-20H,9-17H2,1-3H3,(H,24,28). The molecule has 1 atom stereocenters. The van der Waals surface area contributed by atoms with Crippen molar-refractivity contribution in [3.05, 3.63) is 35.9 Å². The number of benzene rings is 1. The number of urea groups is 1. The van der Waals surface area contributed by atoms with Gasteiger partial charge in [0.15, 0.2) is 0 Å². The van der Waals surface area contributed by atoms with Crippen LogP contribution in [0.1, 0.15) is 51.6 Å². The molecule has 0 aromatic heterocycles. The maximum Gasteiger partial charge on any atom is 0.317 e. The van der Waals surface area contributed by atoms with E-state index in [4.69, 9.17) is 4.74 Å². The first kappa shape index (κ1) is 21.6. The van der Waals surface area contributed by atoms with Gasteiger partial charge in [-0.25, -0.2) is 4.79 Å². The van der Waals surface area contributed by atoms with Gasteiger partial charge in [-0.1, -0.05) is 51.1 Å². The van der Waals surface area contributed by atoms with Crippen molar-refractivity contribution in [1.29, 1.82) is 0 Å². The third-order valence-electron chi connectivity index (χ3n) is 5.77. The van der Waals surface area contributed by atoms with Crippen molar-refractivity contribution in [1.82, 2.24) is 15.1 Å². The molecule has 1 aromatic rings. The van der Waals surface area contributed by atoms with Crippen LogP contribution in [0.4, 0.5) is 4.79 Å². The average molecular weight is 402 g/mol. The quantitative estimate of drug-likeness (QED) is 0.841. The van der Waals surface area contributed by atoms with Crippen LogP contribution >= 0.6 is 0 Å². The van der Waals surface area contributed by atoms with Gasteiger partial charge < -0.3 is 19.9 Å². The van der Waals surface area contributed by atoms with Gasteiger partial charge in [0, 0.05) is 32.1 Å². The molecule has 2 saturated heterocycles. The Kier molecular flexibility index (Phi) is 7.17. The van der Waals surface area contributed by atoms with Crippen LogP contribution in [0.25, 0.3) is 0 Å². The van der Waals surface area contributed by atoms with Crippen molar-refractivity contribution in [3.8, 4) is 0 Å². The van der Waals surface area contributed by atoms with Crippen LogP contribution in [0, 0.1) is 11.3 Å². The van der Waals surface area contributed by atoms with E-state index in [1.807, 2.05) is 28.0 Å². The van der Waals surface area contributed by atoms with E-state index in [1.54, 1.807) is 0 Å². The van der Waals surface area contributed by atoms with E-state index in [0.717, 1.165) is 24.8 Å². The van der Waals surface area contributed by atoms with E-state index in [1.165, 1.54) is 0 Å². The van der Waals surface area contributed by atoms with Crippen LogP contribution in [0.3, 0.4) is 0 Å². The van der Waals surface area contributed by atoms with Gasteiger partial charge in [0.1, 0.15) is 0 Å². The van der Waals surface area contributed by atoms with E-state index in [-0.39, 0.29) is 29.3 Å². The summed E-state index contributed by atoms with van der Waals surface area (Å²) in [6, 6.07) is 10.1. The van der Waals surface area contributed by atoms with Gasteiger partial charge in [-0.15, -0.1) is 0 Å². The molecule has 1 N–H and O–H groups in total. The summed E-state index contributed by atoms with van der Waals surface area (Å²) >= 11 is 0. The number of piperidine rings is 1. The fraction of sp³-hybridized carbons (Fsp3) is 0.652. The van der Waals surface area contributed by atoms with E-state index < -0.39 is 0 Å². The van der Waals surface area contributed by atoms with E-state index in [2.05, 4.69) is 38.2 Å². The van der Waals surface area contributed by atoms with Gasteiger partial charge in [0.05, 0.1) is 19.3 Å². The van der Waals surface area contributed by atoms with Crippen LogP contribution in [0.2, 0.25) is 0 Å². The monoisotopic (exact) mass is 401 g/mol.